The van der Waals surface area contributed by atoms with Crippen LogP contribution in [0.4, 0.5) is 0 Å². The first kappa shape index (κ1) is 15.4. The van der Waals surface area contributed by atoms with Gasteiger partial charge in [-0.2, -0.15) is 4.31 Å². The Hall–Kier alpha value is -0.570. The molecule has 1 N–H and O–H groups in total. The van der Waals surface area contributed by atoms with Gasteiger partial charge in [0.2, 0.25) is 10.0 Å². The van der Waals surface area contributed by atoms with Crippen LogP contribution in [0.2, 0.25) is 0 Å². The molecule has 0 aliphatic heterocycles. The molecule has 0 saturated carbocycles. The predicted molar refractivity (Wildman–Crippen MR) is 67.6 cm³/mol. The summed E-state index contributed by atoms with van der Waals surface area (Å²) < 4.78 is 25.4. The highest BCUT2D eigenvalue weighted by molar-refractivity contribution is 7.89. The smallest absolute Gasteiger partial charge is 0.218 e. The molecule has 0 bridgehead atoms. The summed E-state index contributed by atoms with van der Waals surface area (Å²) in [5, 5.41) is 2.66. The van der Waals surface area contributed by atoms with Crippen molar-refractivity contribution in [3.05, 3.63) is 0 Å². The van der Waals surface area contributed by atoms with Crippen LogP contribution >= 0.6 is 0 Å². The molecule has 0 radical (unpaired) electrons. The molecule has 0 saturated heterocycles. The van der Waals surface area contributed by atoms with E-state index >= 15 is 0 Å². The molecular weight excluding hydrogens is 224 g/mol. The van der Waals surface area contributed by atoms with Gasteiger partial charge < -0.3 is 5.32 Å². The van der Waals surface area contributed by atoms with E-state index in [4.69, 9.17) is 6.42 Å². The summed E-state index contributed by atoms with van der Waals surface area (Å²) in [5.74, 6) is 2.37. The Kier molecular flexibility index (Phi) is 6.65. The molecule has 0 aliphatic carbocycles. The third kappa shape index (κ3) is 4.52. The summed E-state index contributed by atoms with van der Waals surface area (Å²) in [6.07, 6.45) is 5.15. The summed E-state index contributed by atoms with van der Waals surface area (Å²) in [5.41, 5.74) is 0. The van der Waals surface area contributed by atoms with Gasteiger partial charge in [-0.1, -0.05) is 26.7 Å². The molecule has 0 aromatic carbocycles. The minimum Gasteiger partial charge on any atom is -0.313 e. The lowest BCUT2D eigenvalue weighted by molar-refractivity contribution is 0.448. The number of sulfonamides is 1. The Morgan fingerprint density at radius 1 is 1.38 bits per heavy atom. The van der Waals surface area contributed by atoms with E-state index in [1.165, 1.54) is 4.31 Å². The molecule has 0 aliphatic rings. The Morgan fingerprint density at radius 2 is 1.94 bits per heavy atom. The largest absolute Gasteiger partial charge is 0.313 e. The van der Waals surface area contributed by atoms with Crippen LogP contribution in [0.15, 0.2) is 0 Å². The van der Waals surface area contributed by atoms with Crippen LogP contribution in [0.25, 0.3) is 0 Å². The highest BCUT2D eigenvalue weighted by Gasteiger charge is 2.26. The molecule has 0 fully saturated rings. The minimum atomic E-state index is -3.28. The van der Waals surface area contributed by atoms with Crippen molar-refractivity contribution >= 4 is 10.0 Å². The highest BCUT2D eigenvalue weighted by Crippen LogP contribution is 2.07. The van der Waals surface area contributed by atoms with Crippen LogP contribution in [0.5, 0.6) is 0 Å². The third-order valence-corrected chi connectivity index (χ3v) is 4.59. The van der Waals surface area contributed by atoms with Crippen molar-refractivity contribution in [3.8, 4) is 12.3 Å². The van der Waals surface area contributed by atoms with Crippen LogP contribution < -0.4 is 5.32 Å². The van der Waals surface area contributed by atoms with E-state index in [1.807, 2.05) is 13.8 Å². The normalized spacial score (nSPS) is 14.1. The maximum Gasteiger partial charge on any atom is 0.218 e. The van der Waals surface area contributed by atoms with Gasteiger partial charge in [0.1, 0.15) is 0 Å². The van der Waals surface area contributed by atoms with Crippen molar-refractivity contribution in [1.82, 2.24) is 9.62 Å². The number of hydrogen-bond donors (Lipinski definition) is 1. The van der Waals surface area contributed by atoms with Crippen molar-refractivity contribution in [2.75, 3.05) is 19.6 Å². The van der Waals surface area contributed by atoms with Gasteiger partial charge in [-0.15, -0.1) is 6.42 Å². The second-order valence-electron chi connectivity index (χ2n) is 4.05. The van der Waals surface area contributed by atoms with Crippen molar-refractivity contribution in [2.45, 2.75) is 39.0 Å². The van der Waals surface area contributed by atoms with E-state index in [2.05, 4.69) is 11.2 Å². The van der Waals surface area contributed by atoms with Gasteiger partial charge in [-0.25, -0.2) is 8.42 Å². The van der Waals surface area contributed by atoms with E-state index in [1.54, 1.807) is 13.8 Å². The number of nitrogens with one attached hydrogen (secondary N) is 1. The molecule has 4 nitrogen and oxygen atoms in total. The maximum absolute atomic E-state index is 12.1. The van der Waals surface area contributed by atoms with Crippen LogP contribution in [-0.2, 0) is 10.0 Å². The molecule has 5 heteroatoms. The lowest BCUT2D eigenvalue weighted by atomic mass is 10.3. The average Bonchev–Trinajstić information content (AvgIpc) is 2.21. The lowest BCUT2D eigenvalue weighted by Gasteiger charge is -2.23. The molecule has 0 aromatic heterocycles. The van der Waals surface area contributed by atoms with Gasteiger partial charge in [0.25, 0.3) is 0 Å². The van der Waals surface area contributed by atoms with Crippen LogP contribution in [-0.4, -0.2) is 43.6 Å². The van der Waals surface area contributed by atoms with Gasteiger partial charge in [-0.05, 0) is 6.92 Å². The molecule has 16 heavy (non-hydrogen) atoms. The summed E-state index contributed by atoms with van der Waals surface area (Å²) in [7, 11) is -3.28. The molecule has 1 unspecified atom stereocenters. The molecule has 0 rings (SSSR count). The highest BCUT2D eigenvalue weighted by atomic mass is 32.2. The van der Waals surface area contributed by atoms with Crippen molar-refractivity contribution in [3.63, 3.8) is 0 Å². The molecule has 1 atom stereocenters. The SMILES string of the molecule is C#CCN(CC)S(=O)(=O)C(C)CNC(C)C. The van der Waals surface area contributed by atoms with Crippen molar-refractivity contribution in [1.29, 1.82) is 0 Å². The zero-order valence-electron chi connectivity index (χ0n) is 10.5. The van der Waals surface area contributed by atoms with Crippen molar-refractivity contribution < 1.29 is 8.42 Å². The van der Waals surface area contributed by atoms with E-state index in [0.717, 1.165) is 0 Å². The quantitative estimate of drug-likeness (QED) is 0.671. The number of hydrogen-bond acceptors (Lipinski definition) is 3. The maximum atomic E-state index is 12.1. The monoisotopic (exact) mass is 246 g/mol. The minimum absolute atomic E-state index is 0.144. The second kappa shape index (κ2) is 6.89. The summed E-state index contributed by atoms with van der Waals surface area (Å²) in [4.78, 5) is 0. The van der Waals surface area contributed by atoms with Crippen LogP contribution in [0.1, 0.15) is 27.7 Å². The summed E-state index contributed by atoms with van der Waals surface area (Å²) in [6.45, 7) is 8.46. The first-order valence-electron chi connectivity index (χ1n) is 5.52. The van der Waals surface area contributed by atoms with Gasteiger partial charge >= 0.3 is 0 Å². The second-order valence-corrected chi connectivity index (χ2v) is 6.40. The van der Waals surface area contributed by atoms with Gasteiger partial charge in [0, 0.05) is 19.1 Å². The summed E-state index contributed by atoms with van der Waals surface area (Å²) >= 11 is 0. The number of terminal acetylenes is 1. The van der Waals surface area contributed by atoms with Gasteiger partial charge in [0.15, 0.2) is 0 Å². The van der Waals surface area contributed by atoms with Crippen LogP contribution in [0, 0.1) is 12.3 Å². The molecule has 0 spiro atoms. The van der Waals surface area contributed by atoms with Gasteiger partial charge in [-0.3, -0.25) is 0 Å². The Labute approximate surface area is 99.5 Å². The van der Waals surface area contributed by atoms with E-state index < -0.39 is 15.3 Å². The average molecular weight is 246 g/mol. The van der Waals surface area contributed by atoms with E-state index in [0.29, 0.717) is 13.1 Å². The standard InChI is InChI=1S/C11H22N2O2S/c1-6-8-13(7-2)16(14,15)11(5)9-12-10(3)4/h1,10-12H,7-9H2,2-5H3. The van der Waals surface area contributed by atoms with Gasteiger partial charge in [0.05, 0.1) is 11.8 Å². The fraction of sp³-hybridized carbons (Fsp3) is 0.818. The van der Waals surface area contributed by atoms with Crippen molar-refractivity contribution in [2.24, 2.45) is 0 Å². The molecule has 94 valence electrons. The Morgan fingerprint density at radius 3 is 2.31 bits per heavy atom. The first-order valence-corrected chi connectivity index (χ1v) is 7.02. The fourth-order valence-electron chi connectivity index (χ4n) is 1.24. The van der Waals surface area contributed by atoms with E-state index in [-0.39, 0.29) is 12.6 Å². The number of rotatable bonds is 7. The fourth-order valence-corrected chi connectivity index (χ4v) is 2.68. The predicted octanol–water partition coefficient (Wildman–Crippen LogP) is 0.658. The zero-order chi connectivity index (χ0) is 12.8. The zero-order valence-corrected chi connectivity index (χ0v) is 11.3. The Balaban J connectivity index is 4.57. The first-order chi connectivity index (χ1) is 7.36. The third-order valence-electron chi connectivity index (χ3n) is 2.30. The van der Waals surface area contributed by atoms with Crippen LogP contribution in [0.3, 0.4) is 0 Å². The summed E-state index contributed by atoms with van der Waals surface area (Å²) in [6, 6.07) is 0.278. The molecule has 0 heterocycles. The Bertz CT molecular complexity index is 330. The lowest BCUT2D eigenvalue weighted by Crippen LogP contribution is -2.43. The molecule has 0 amide bonds. The topological polar surface area (TPSA) is 49.4 Å². The molecule has 0 aromatic rings. The molecular formula is C11H22N2O2S. The number of nitrogens with zero attached hydrogens (tertiary/aromatic N) is 1. The van der Waals surface area contributed by atoms with E-state index in [9.17, 15) is 8.42 Å².